The van der Waals surface area contributed by atoms with Gasteiger partial charge in [0.1, 0.15) is 12.3 Å². The third-order valence-corrected chi connectivity index (χ3v) is 7.82. The first kappa shape index (κ1) is 27.6. The minimum absolute atomic E-state index is 0.0305. The second kappa shape index (κ2) is 11.7. The summed E-state index contributed by atoms with van der Waals surface area (Å²) in [6.07, 6.45) is 2.54. The quantitative estimate of drug-likeness (QED) is 0.437. The van der Waals surface area contributed by atoms with Crippen molar-refractivity contribution in [3.63, 3.8) is 0 Å². The monoisotopic (exact) mass is 511 g/mol. The van der Waals surface area contributed by atoms with Crippen molar-refractivity contribution in [3.8, 4) is 5.75 Å². The Bertz CT molecular complexity index is 1160. The minimum atomic E-state index is -3.76. The van der Waals surface area contributed by atoms with E-state index in [0.717, 1.165) is 32.6 Å². The lowest BCUT2D eigenvalue weighted by Crippen LogP contribution is -2.40. The molecule has 2 aromatic rings. The molecule has 0 aliphatic carbocycles. The van der Waals surface area contributed by atoms with Gasteiger partial charge in [-0.15, -0.1) is 0 Å². The number of nitrogens with zero attached hydrogens (tertiary/aromatic N) is 2. The smallest absolute Gasteiger partial charge is 0.242 e. The molecule has 1 amide bonds. The molecule has 0 bridgehead atoms. The van der Waals surface area contributed by atoms with E-state index in [0.29, 0.717) is 13.0 Å². The molecule has 0 aromatic heterocycles. The van der Waals surface area contributed by atoms with Crippen LogP contribution in [0.3, 0.4) is 0 Å². The molecular formula is C23H33N3O6S2. The molecule has 11 heteroatoms. The van der Waals surface area contributed by atoms with Gasteiger partial charge < -0.3 is 10.1 Å². The number of hydrogen-bond donors (Lipinski definition) is 1. The molecule has 0 atom stereocenters. The Hall–Kier alpha value is -2.63. The first-order valence-corrected chi connectivity index (χ1v) is 14.1. The number of benzene rings is 2. The third kappa shape index (κ3) is 8.00. The number of amides is 1. The van der Waals surface area contributed by atoms with Crippen LogP contribution in [0.25, 0.3) is 0 Å². The van der Waals surface area contributed by atoms with E-state index in [4.69, 9.17) is 4.74 Å². The van der Waals surface area contributed by atoms with Crippen LogP contribution in [0.2, 0.25) is 0 Å². The predicted molar refractivity (Wildman–Crippen MR) is 133 cm³/mol. The average Bonchev–Trinajstić information content (AvgIpc) is 2.75. The van der Waals surface area contributed by atoms with E-state index in [1.165, 1.54) is 38.4 Å². The molecule has 0 radical (unpaired) electrons. The predicted octanol–water partition coefficient (Wildman–Crippen LogP) is 2.24. The Morgan fingerprint density at radius 2 is 1.56 bits per heavy atom. The van der Waals surface area contributed by atoms with E-state index in [1.807, 2.05) is 38.1 Å². The number of aryl methyl sites for hydroxylation is 1. The fourth-order valence-corrected chi connectivity index (χ4v) is 4.87. The van der Waals surface area contributed by atoms with Gasteiger partial charge in [0.25, 0.3) is 0 Å². The van der Waals surface area contributed by atoms with Gasteiger partial charge in [0.2, 0.25) is 26.0 Å². The summed E-state index contributed by atoms with van der Waals surface area (Å²) in [6, 6.07) is 13.2. The molecule has 2 aromatic carbocycles. The van der Waals surface area contributed by atoms with Crippen molar-refractivity contribution in [2.75, 3.05) is 37.7 Å². The van der Waals surface area contributed by atoms with Gasteiger partial charge in [-0.05, 0) is 68.7 Å². The van der Waals surface area contributed by atoms with Crippen LogP contribution < -0.4 is 14.4 Å². The summed E-state index contributed by atoms with van der Waals surface area (Å²) in [5.41, 5.74) is 1.31. The van der Waals surface area contributed by atoms with Crippen LogP contribution in [0, 0.1) is 0 Å². The highest BCUT2D eigenvalue weighted by molar-refractivity contribution is 7.92. The summed E-state index contributed by atoms with van der Waals surface area (Å²) in [6.45, 7) is 3.92. The fourth-order valence-electron chi connectivity index (χ4n) is 3.11. The maximum absolute atomic E-state index is 12.4. The van der Waals surface area contributed by atoms with E-state index >= 15 is 0 Å². The maximum atomic E-state index is 12.4. The number of anilines is 1. The van der Waals surface area contributed by atoms with Gasteiger partial charge in [0.05, 0.1) is 22.9 Å². The summed E-state index contributed by atoms with van der Waals surface area (Å²) in [5.74, 6) is 0.358. The van der Waals surface area contributed by atoms with Crippen molar-refractivity contribution in [1.82, 2.24) is 9.62 Å². The van der Waals surface area contributed by atoms with Crippen molar-refractivity contribution in [2.24, 2.45) is 0 Å². The van der Waals surface area contributed by atoms with Gasteiger partial charge in [0, 0.05) is 20.6 Å². The van der Waals surface area contributed by atoms with Crippen LogP contribution in [-0.2, 0) is 31.3 Å². The summed E-state index contributed by atoms with van der Waals surface area (Å²) >= 11 is 0. The number of hydrogen-bond acceptors (Lipinski definition) is 6. The lowest BCUT2D eigenvalue weighted by atomic mass is 10.1. The molecule has 0 aliphatic rings. The van der Waals surface area contributed by atoms with Crippen LogP contribution in [0.5, 0.6) is 5.75 Å². The molecular weight excluding hydrogens is 478 g/mol. The van der Waals surface area contributed by atoms with E-state index in [-0.39, 0.29) is 16.7 Å². The van der Waals surface area contributed by atoms with Crippen LogP contribution in [0.1, 0.15) is 25.8 Å². The van der Waals surface area contributed by atoms with Crippen LogP contribution >= 0.6 is 0 Å². The topological polar surface area (TPSA) is 113 Å². The number of sulfonamides is 2. The first-order valence-electron chi connectivity index (χ1n) is 10.8. The van der Waals surface area contributed by atoms with Crippen LogP contribution in [0.4, 0.5) is 5.69 Å². The summed E-state index contributed by atoms with van der Waals surface area (Å²) in [5, 5.41) is 2.74. The van der Waals surface area contributed by atoms with Crippen LogP contribution in [0.15, 0.2) is 53.4 Å². The van der Waals surface area contributed by atoms with E-state index in [9.17, 15) is 21.6 Å². The Balaban J connectivity index is 1.94. The van der Waals surface area contributed by atoms with Crippen molar-refractivity contribution in [3.05, 3.63) is 54.1 Å². The van der Waals surface area contributed by atoms with Gasteiger partial charge in [-0.3, -0.25) is 9.10 Å². The molecule has 1 N–H and O–H groups in total. The normalized spacial score (nSPS) is 12.1. The van der Waals surface area contributed by atoms with Gasteiger partial charge in [-0.25, -0.2) is 21.1 Å². The molecule has 0 fully saturated rings. The van der Waals surface area contributed by atoms with Crippen molar-refractivity contribution in [1.29, 1.82) is 0 Å². The van der Waals surface area contributed by atoms with Gasteiger partial charge >= 0.3 is 0 Å². The highest BCUT2D eigenvalue weighted by Crippen LogP contribution is 2.21. The second-order valence-electron chi connectivity index (χ2n) is 8.32. The number of ether oxygens (including phenoxy) is 1. The number of carbonyl (C=O) groups is 1. The highest BCUT2D eigenvalue weighted by atomic mass is 32.2. The number of rotatable bonds is 12. The number of nitrogens with one attached hydrogen (secondary N) is 1. The molecule has 0 unspecified atom stereocenters. The lowest BCUT2D eigenvalue weighted by molar-refractivity contribution is -0.119. The largest absolute Gasteiger partial charge is 0.491 e. The molecule has 0 saturated carbocycles. The minimum Gasteiger partial charge on any atom is -0.491 e. The Kier molecular flexibility index (Phi) is 9.48. The lowest BCUT2D eigenvalue weighted by Gasteiger charge is -2.22. The second-order valence-corrected chi connectivity index (χ2v) is 12.4. The molecule has 9 nitrogen and oxygen atoms in total. The first-order chi connectivity index (χ1) is 15.8. The molecule has 0 spiro atoms. The SMILES string of the molecule is CC(C)Oc1ccc(CCCNC(=O)CN(c2ccc(S(=O)(=O)N(C)C)cc2)S(C)(=O)=O)cc1. The van der Waals surface area contributed by atoms with Crippen molar-refractivity contribution in [2.45, 2.75) is 37.7 Å². The molecule has 34 heavy (non-hydrogen) atoms. The maximum Gasteiger partial charge on any atom is 0.242 e. The number of carbonyl (C=O) groups excluding carboxylic acids is 1. The fraction of sp³-hybridized carbons (Fsp3) is 0.435. The standard InChI is InChI=1S/C23H33N3O6S2/c1-18(2)32-21-12-8-19(9-13-21)7-6-16-24-23(27)17-26(33(5,28)29)20-10-14-22(15-11-20)34(30,31)25(3)4/h8-15,18H,6-7,16-17H2,1-5H3,(H,24,27). The zero-order valence-corrected chi connectivity index (χ0v) is 21.8. The average molecular weight is 512 g/mol. The summed E-state index contributed by atoms with van der Waals surface area (Å²) in [7, 11) is -4.59. The molecule has 0 heterocycles. The van der Waals surface area contributed by atoms with Crippen LogP contribution in [-0.4, -0.2) is 66.6 Å². The van der Waals surface area contributed by atoms with E-state index in [2.05, 4.69) is 5.32 Å². The third-order valence-electron chi connectivity index (χ3n) is 4.85. The van der Waals surface area contributed by atoms with Gasteiger partial charge in [-0.1, -0.05) is 12.1 Å². The summed E-state index contributed by atoms with van der Waals surface area (Å²) < 4.78 is 56.6. The molecule has 2 rings (SSSR count). The highest BCUT2D eigenvalue weighted by Gasteiger charge is 2.22. The van der Waals surface area contributed by atoms with Gasteiger partial charge in [0.15, 0.2) is 0 Å². The Morgan fingerprint density at radius 3 is 2.06 bits per heavy atom. The molecule has 0 saturated heterocycles. The zero-order chi connectivity index (χ0) is 25.5. The Morgan fingerprint density at radius 1 is 0.971 bits per heavy atom. The van der Waals surface area contributed by atoms with Crippen molar-refractivity contribution >= 4 is 31.6 Å². The van der Waals surface area contributed by atoms with E-state index < -0.39 is 32.5 Å². The van der Waals surface area contributed by atoms with Gasteiger partial charge in [-0.2, -0.15) is 0 Å². The molecule has 188 valence electrons. The zero-order valence-electron chi connectivity index (χ0n) is 20.2. The van der Waals surface area contributed by atoms with Crippen molar-refractivity contribution < 1.29 is 26.4 Å². The summed E-state index contributed by atoms with van der Waals surface area (Å²) in [4.78, 5) is 12.4. The Labute approximate surface area is 202 Å². The molecule has 0 aliphatic heterocycles. The van der Waals surface area contributed by atoms with E-state index in [1.54, 1.807) is 0 Å².